The minimum Gasteiger partial charge on any atom is -0.380 e. The third kappa shape index (κ3) is 2.62. The highest BCUT2D eigenvalue weighted by molar-refractivity contribution is 6.33. The predicted octanol–water partition coefficient (Wildman–Crippen LogP) is 5.21. The number of aromatic nitrogens is 1. The first kappa shape index (κ1) is 14.0. The molecule has 0 radical (unpaired) electrons. The van der Waals surface area contributed by atoms with Gasteiger partial charge in [-0.15, -0.1) is 0 Å². The third-order valence-corrected chi connectivity index (χ3v) is 3.79. The Morgan fingerprint density at radius 3 is 2.43 bits per heavy atom. The number of hydrogen-bond acceptors (Lipinski definition) is 3. The number of benzene rings is 2. The number of rotatable bonds is 2. The summed E-state index contributed by atoms with van der Waals surface area (Å²) in [5, 5.41) is 5.12. The molecule has 0 saturated carbocycles. The Balaban J connectivity index is 2.19. The molecule has 0 aliphatic rings. The Labute approximate surface area is 132 Å². The second kappa shape index (κ2) is 5.43. The largest absolute Gasteiger partial charge is 0.380 e. The summed E-state index contributed by atoms with van der Waals surface area (Å²) in [6, 6.07) is 13.1. The Bertz CT molecular complexity index is 795. The van der Waals surface area contributed by atoms with E-state index in [1.165, 1.54) is 0 Å². The zero-order valence-corrected chi connectivity index (χ0v) is 12.7. The molecule has 21 heavy (non-hydrogen) atoms. The number of nitrogens with two attached hydrogens (primary N) is 1. The molecule has 0 aliphatic carbocycles. The molecule has 1 heterocycles. The fourth-order valence-electron chi connectivity index (χ4n) is 2.19. The summed E-state index contributed by atoms with van der Waals surface area (Å²) < 4.78 is 5.39. The van der Waals surface area contributed by atoms with Gasteiger partial charge in [-0.1, -0.05) is 46.6 Å². The normalized spacial score (nSPS) is 10.8. The molecule has 5 heteroatoms. The van der Waals surface area contributed by atoms with Crippen molar-refractivity contribution in [2.45, 2.75) is 6.92 Å². The zero-order chi connectivity index (χ0) is 15.0. The molecule has 0 spiro atoms. The first-order valence-electron chi connectivity index (χ1n) is 6.34. The van der Waals surface area contributed by atoms with Gasteiger partial charge < -0.3 is 10.3 Å². The van der Waals surface area contributed by atoms with Crippen LogP contribution >= 0.6 is 23.2 Å². The fraction of sp³-hybridized carbons (Fsp3) is 0.0625. The Hall–Kier alpha value is -1.97. The monoisotopic (exact) mass is 318 g/mol. The SMILES string of the molecule is Cc1ccc(-c2onc(N)c2-c2ccc(Cl)cc2)c(Cl)c1. The van der Waals surface area contributed by atoms with E-state index in [9.17, 15) is 0 Å². The van der Waals surface area contributed by atoms with E-state index in [4.69, 9.17) is 33.5 Å². The van der Waals surface area contributed by atoms with E-state index in [1.807, 2.05) is 37.3 Å². The molecule has 2 N–H and O–H groups in total. The van der Waals surface area contributed by atoms with Gasteiger partial charge in [0.1, 0.15) is 0 Å². The van der Waals surface area contributed by atoms with E-state index in [0.29, 0.717) is 21.6 Å². The number of aryl methyl sites for hydroxylation is 1. The zero-order valence-electron chi connectivity index (χ0n) is 11.2. The van der Waals surface area contributed by atoms with Crippen LogP contribution < -0.4 is 5.73 Å². The highest BCUT2D eigenvalue weighted by atomic mass is 35.5. The average Bonchev–Trinajstić information content (AvgIpc) is 2.82. The lowest BCUT2D eigenvalue weighted by molar-refractivity contribution is 0.436. The number of halogens is 2. The molecule has 106 valence electrons. The second-order valence-corrected chi connectivity index (χ2v) is 5.61. The summed E-state index contributed by atoms with van der Waals surface area (Å²) in [5.74, 6) is 0.879. The molecule has 0 fully saturated rings. The first-order valence-corrected chi connectivity index (χ1v) is 7.09. The average molecular weight is 319 g/mol. The van der Waals surface area contributed by atoms with Gasteiger partial charge in [-0.25, -0.2) is 0 Å². The van der Waals surface area contributed by atoms with Gasteiger partial charge in [0.15, 0.2) is 11.6 Å². The summed E-state index contributed by atoms with van der Waals surface area (Å²) in [6.45, 7) is 1.98. The maximum atomic E-state index is 6.31. The smallest absolute Gasteiger partial charge is 0.178 e. The lowest BCUT2D eigenvalue weighted by Gasteiger charge is -2.05. The summed E-state index contributed by atoms with van der Waals surface area (Å²) in [7, 11) is 0. The van der Waals surface area contributed by atoms with Crippen LogP contribution in [0.3, 0.4) is 0 Å². The van der Waals surface area contributed by atoms with Crippen molar-refractivity contribution in [1.29, 1.82) is 0 Å². The van der Waals surface area contributed by atoms with Gasteiger partial charge in [-0.3, -0.25) is 0 Å². The summed E-state index contributed by atoms with van der Waals surface area (Å²) in [4.78, 5) is 0. The van der Waals surface area contributed by atoms with Gasteiger partial charge in [0, 0.05) is 10.6 Å². The van der Waals surface area contributed by atoms with Crippen LogP contribution in [0.4, 0.5) is 5.82 Å². The van der Waals surface area contributed by atoms with Crippen LogP contribution in [0, 0.1) is 6.92 Å². The first-order chi connectivity index (χ1) is 10.1. The van der Waals surface area contributed by atoms with Crippen LogP contribution in [0.25, 0.3) is 22.5 Å². The van der Waals surface area contributed by atoms with Gasteiger partial charge in [0.05, 0.1) is 10.6 Å². The van der Waals surface area contributed by atoms with Crippen LogP contribution in [0.2, 0.25) is 10.0 Å². The quantitative estimate of drug-likeness (QED) is 0.706. The van der Waals surface area contributed by atoms with Gasteiger partial charge in [0.2, 0.25) is 0 Å². The maximum absolute atomic E-state index is 6.31. The number of hydrogen-bond donors (Lipinski definition) is 1. The molecular weight excluding hydrogens is 307 g/mol. The number of anilines is 1. The molecule has 0 bridgehead atoms. The number of nitrogens with zero attached hydrogens (tertiary/aromatic N) is 1. The fourth-order valence-corrected chi connectivity index (χ4v) is 2.63. The van der Waals surface area contributed by atoms with E-state index in [1.54, 1.807) is 12.1 Å². The van der Waals surface area contributed by atoms with Gasteiger partial charge in [-0.05, 0) is 42.3 Å². The minimum absolute atomic E-state index is 0.323. The van der Waals surface area contributed by atoms with Gasteiger partial charge in [0.25, 0.3) is 0 Å². The van der Waals surface area contributed by atoms with Crippen molar-refractivity contribution in [2.75, 3.05) is 5.73 Å². The van der Waals surface area contributed by atoms with E-state index >= 15 is 0 Å². The second-order valence-electron chi connectivity index (χ2n) is 4.76. The lowest BCUT2D eigenvalue weighted by Crippen LogP contribution is -1.89. The molecule has 2 aromatic carbocycles. The molecule has 0 amide bonds. The van der Waals surface area contributed by atoms with Crippen molar-refractivity contribution in [1.82, 2.24) is 5.16 Å². The van der Waals surface area contributed by atoms with Crippen molar-refractivity contribution in [2.24, 2.45) is 0 Å². The van der Waals surface area contributed by atoms with Crippen LogP contribution in [0.15, 0.2) is 47.0 Å². The van der Waals surface area contributed by atoms with Gasteiger partial charge >= 0.3 is 0 Å². The molecule has 0 unspecified atom stereocenters. The van der Waals surface area contributed by atoms with Crippen molar-refractivity contribution >= 4 is 29.0 Å². The number of nitrogen functional groups attached to an aromatic ring is 1. The minimum atomic E-state index is 0.323. The van der Waals surface area contributed by atoms with Crippen molar-refractivity contribution < 1.29 is 4.52 Å². The molecule has 3 aromatic rings. The van der Waals surface area contributed by atoms with Crippen molar-refractivity contribution in [3.05, 3.63) is 58.1 Å². The van der Waals surface area contributed by atoms with E-state index in [2.05, 4.69) is 5.16 Å². The van der Waals surface area contributed by atoms with E-state index in [0.717, 1.165) is 22.3 Å². The van der Waals surface area contributed by atoms with Gasteiger partial charge in [-0.2, -0.15) is 0 Å². The summed E-state index contributed by atoms with van der Waals surface area (Å²) in [5.41, 5.74) is 9.38. The molecular formula is C16H12Cl2N2O. The molecule has 0 aliphatic heterocycles. The lowest BCUT2D eigenvalue weighted by atomic mass is 10.0. The molecule has 3 rings (SSSR count). The molecule has 0 atom stereocenters. The topological polar surface area (TPSA) is 52.0 Å². The molecule has 3 nitrogen and oxygen atoms in total. The Morgan fingerprint density at radius 2 is 1.76 bits per heavy atom. The van der Waals surface area contributed by atoms with Crippen LogP contribution in [-0.4, -0.2) is 5.16 Å². The van der Waals surface area contributed by atoms with Crippen LogP contribution in [0.1, 0.15) is 5.56 Å². The standard InChI is InChI=1S/C16H12Cl2N2O/c1-9-2-7-12(13(18)8-9)15-14(16(19)20-21-15)10-3-5-11(17)6-4-10/h2-8H,1H3,(H2,19,20). The van der Waals surface area contributed by atoms with Crippen molar-refractivity contribution in [3.8, 4) is 22.5 Å². The third-order valence-electron chi connectivity index (χ3n) is 3.22. The van der Waals surface area contributed by atoms with Crippen molar-refractivity contribution in [3.63, 3.8) is 0 Å². The highest BCUT2D eigenvalue weighted by Crippen LogP contribution is 2.39. The van der Waals surface area contributed by atoms with Crippen LogP contribution in [-0.2, 0) is 0 Å². The molecule has 0 saturated heterocycles. The Kier molecular flexibility index (Phi) is 3.62. The predicted molar refractivity (Wildman–Crippen MR) is 86.5 cm³/mol. The van der Waals surface area contributed by atoms with Crippen LogP contribution in [0.5, 0.6) is 0 Å². The maximum Gasteiger partial charge on any atom is 0.178 e. The summed E-state index contributed by atoms with van der Waals surface area (Å²) in [6.07, 6.45) is 0. The van der Waals surface area contributed by atoms with E-state index in [-0.39, 0.29) is 0 Å². The Morgan fingerprint density at radius 1 is 1.05 bits per heavy atom. The van der Waals surface area contributed by atoms with E-state index < -0.39 is 0 Å². The molecule has 1 aromatic heterocycles. The summed E-state index contributed by atoms with van der Waals surface area (Å²) >= 11 is 12.2. The highest BCUT2D eigenvalue weighted by Gasteiger charge is 2.19.